The Morgan fingerprint density at radius 1 is 1.44 bits per heavy atom. The van der Waals surface area contributed by atoms with Gasteiger partial charge in [-0.25, -0.2) is 0 Å². The van der Waals surface area contributed by atoms with E-state index in [2.05, 4.69) is 31.0 Å². The highest BCUT2D eigenvalue weighted by atomic mass is 16.5. The SMILES string of the molecule is CC1(C(=O)NC[C@@H]2CCN(C(C)(C)C)C2)COC1. The summed E-state index contributed by atoms with van der Waals surface area (Å²) in [4.78, 5) is 14.5. The summed E-state index contributed by atoms with van der Waals surface area (Å²) < 4.78 is 5.12. The second-order valence-electron chi connectivity index (χ2n) is 7.04. The molecule has 0 aromatic carbocycles. The van der Waals surface area contributed by atoms with E-state index in [1.807, 2.05) is 6.92 Å². The van der Waals surface area contributed by atoms with Gasteiger partial charge < -0.3 is 10.1 Å². The van der Waals surface area contributed by atoms with Gasteiger partial charge in [0.2, 0.25) is 5.91 Å². The van der Waals surface area contributed by atoms with E-state index in [0.29, 0.717) is 19.1 Å². The van der Waals surface area contributed by atoms with Gasteiger partial charge in [0.1, 0.15) is 0 Å². The van der Waals surface area contributed by atoms with Crippen LogP contribution < -0.4 is 5.32 Å². The summed E-state index contributed by atoms with van der Waals surface area (Å²) in [6.07, 6.45) is 1.19. The second-order valence-corrected chi connectivity index (χ2v) is 7.04. The first-order valence-electron chi connectivity index (χ1n) is 6.92. The fraction of sp³-hybridized carbons (Fsp3) is 0.929. The van der Waals surface area contributed by atoms with Crippen molar-refractivity contribution in [2.75, 3.05) is 32.8 Å². The Kier molecular flexibility index (Phi) is 3.70. The molecule has 4 nitrogen and oxygen atoms in total. The Morgan fingerprint density at radius 2 is 2.11 bits per heavy atom. The number of nitrogens with zero attached hydrogens (tertiary/aromatic N) is 1. The highest BCUT2D eigenvalue weighted by Crippen LogP contribution is 2.27. The van der Waals surface area contributed by atoms with Crippen LogP contribution in [0.5, 0.6) is 0 Å². The lowest BCUT2D eigenvalue weighted by molar-refractivity contribution is -0.157. The minimum atomic E-state index is -0.275. The number of hydrogen-bond donors (Lipinski definition) is 1. The molecule has 1 atom stereocenters. The molecule has 4 heteroatoms. The molecule has 1 amide bonds. The van der Waals surface area contributed by atoms with Crippen molar-refractivity contribution in [3.05, 3.63) is 0 Å². The Bertz CT molecular complexity index is 318. The molecule has 0 saturated carbocycles. The minimum absolute atomic E-state index is 0.156. The van der Waals surface area contributed by atoms with Crippen LogP contribution in [0.15, 0.2) is 0 Å². The van der Waals surface area contributed by atoms with Crippen LogP contribution in [0, 0.1) is 11.3 Å². The van der Waals surface area contributed by atoms with E-state index < -0.39 is 0 Å². The molecule has 0 bridgehead atoms. The van der Waals surface area contributed by atoms with Crippen molar-refractivity contribution in [2.45, 2.75) is 39.7 Å². The van der Waals surface area contributed by atoms with Crippen molar-refractivity contribution in [1.29, 1.82) is 0 Å². The zero-order chi connectivity index (χ0) is 13.4. The van der Waals surface area contributed by atoms with Gasteiger partial charge >= 0.3 is 0 Å². The lowest BCUT2D eigenvalue weighted by Gasteiger charge is -2.36. The van der Waals surface area contributed by atoms with E-state index in [1.54, 1.807) is 0 Å². The molecule has 2 aliphatic heterocycles. The van der Waals surface area contributed by atoms with Crippen molar-refractivity contribution in [2.24, 2.45) is 11.3 Å². The molecule has 0 aliphatic carbocycles. The van der Waals surface area contributed by atoms with Gasteiger partial charge in [0.25, 0.3) is 0 Å². The van der Waals surface area contributed by atoms with Crippen molar-refractivity contribution >= 4 is 5.91 Å². The second kappa shape index (κ2) is 4.82. The Hall–Kier alpha value is -0.610. The molecule has 2 rings (SSSR count). The first-order valence-corrected chi connectivity index (χ1v) is 6.92. The van der Waals surface area contributed by atoms with Crippen molar-refractivity contribution < 1.29 is 9.53 Å². The summed E-state index contributed by atoms with van der Waals surface area (Å²) in [5.41, 5.74) is -0.0329. The van der Waals surface area contributed by atoms with Crippen LogP contribution in [0.3, 0.4) is 0 Å². The van der Waals surface area contributed by atoms with Crippen LogP contribution in [0.2, 0.25) is 0 Å². The van der Waals surface area contributed by atoms with E-state index in [0.717, 1.165) is 19.6 Å². The summed E-state index contributed by atoms with van der Waals surface area (Å²) in [6.45, 7) is 12.9. The monoisotopic (exact) mass is 254 g/mol. The molecular weight excluding hydrogens is 228 g/mol. The van der Waals surface area contributed by atoms with E-state index >= 15 is 0 Å². The summed E-state index contributed by atoms with van der Waals surface area (Å²) in [7, 11) is 0. The lowest BCUT2D eigenvalue weighted by atomic mass is 9.87. The van der Waals surface area contributed by atoms with Crippen LogP contribution in [0.4, 0.5) is 0 Å². The maximum absolute atomic E-state index is 12.0. The molecule has 2 aliphatic rings. The third-order valence-electron chi connectivity index (χ3n) is 4.18. The average molecular weight is 254 g/mol. The first kappa shape index (κ1) is 13.8. The topological polar surface area (TPSA) is 41.6 Å². The standard InChI is InChI=1S/C14H26N2O2/c1-13(2,3)16-6-5-11(8-16)7-15-12(17)14(4)9-18-10-14/h11H,5-10H2,1-4H3,(H,15,17)/t11-/m0/s1. The number of likely N-dealkylation sites (tertiary alicyclic amines) is 1. The Labute approximate surface area is 110 Å². The van der Waals surface area contributed by atoms with E-state index in [9.17, 15) is 4.79 Å². The van der Waals surface area contributed by atoms with Gasteiger partial charge in [-0.2, -0.15) is 0 Å². The van der Waals surface area contributed by atoms with Gasteiger partial charge in [-0.3, -0.25) is 9.69 Å². The highest BCUT2D eigenvalue weighted by Gasteiger charge is 2.41. The normalized spacial score (nSPS) is 27.9. The maximum atomic E-state index is 12.0. The fourth-order valence-corrected chi connectivity index (χ4v) is 2.60. The predicted molar refractivity (Wildman–Crippen MR) is 71.4 cm³/mol. The predicted octanol–water partition coefficient (Wildman–Crippen LogP) is 1.26. The molecule has 0 aromatic heterocycles. The van der Waals surface area contributed by atoms with Crippen LogP contribution in [-0.4, -0.2) is 49.2 Å². The molecule has 1 N–H and O–H groups in total. The van der Waals surface area contributed by atoms with Crippen molar-refractivity contribution in [1.82, 2.24) is 10.2 Å². The third-order valence-corrected chi connectivity index (χ3v) is 4.18. The molecule has 0 spiro atoms. The van der Waals surface area contributed by atoms with Gasteiger partial charge in [-0.1, -0.05) is 0 Å². The van der Waals surface area contributed by atoms with Crippen molar-refractivity contribution in [3.8, 4) is 0 Å². The zero-order valence-electron chi connectivity index (χ0n) is 12.1. The van der Waals surface area contributed by atoms with Gasteiger partial charge in [0, 0.05) is 18.6 Å². The lowest BCUT2D eigenvalue weighted by Crippen LogP contribution is -2.52. The molecular formula is C14H26N2O2. The summed E-state index contributed by atoms with van der Waals surface area (Å²) in [5, 5.41) is 3.09. The van der Waals surface area contributed by atoms with Crippen LogP contribution >= 0.6 is 0 Å². The number of carbonyl (C=O) groups excluding carboxylic acids is 1. The Morgan fingerprint density at radius 3 is 2.56 bits per heavy atom. The summed E-state index contributed by atoms with van der Waals surface area (Å²) in [5.74, 6) is 0.751. The van der Waals surface area contributed by atoms with Crippen LogP contribution in [0.1, 0.15) is 34.1 Å². The number of hydrogen-bond acceptors (Lipinski definition) is 3. The third kappa shape index (κ3) is 2.86. The van der Waals surface area contributed by atoms with Crippen LogP contribution in [-0.2, 0) is 9.53 Å². The van der Waals surface area contributed by atoms with E-state index in [-0.39, 0.29) is 16.9 Å². The summed E-state index contributed by atoms with van der Waals surface area (Å²) >= 11 is 0. The molecule has 18 heavy (non-hydrogen) atoms. The largest absolute Gasteiger partial charge is 0.379 e. The smallest absolute Gasteiger partial charge is 0.230 e. The van der Waals surface area contributed by atoms with E-state index in [1.165, 1.54) is 6.42 Å². The maximum Gasteiger partial charge on any atom is 0.230 e. The number of rotatable bonds is 3. The quantitative estimate of drug-likeness (QED) is 0.824. The number of ether oxygens (including phenoxy) is 1. The van der Waals surface area contributed by atoms with Crippen molar-refractivity contribution in [3.63, 3.8) is 0 Å². The molecule has 2 fully saturated rings. The zero-order valence-corrected chi connectivity index (χ0v) is 12.1. The number of amides is 1. The van der Waals surface area contributed by atoms with Gasteiger partial charge in [-0.15, -0.1) is 0 Å². The van der Waals surface area contributed by atoms with Gasteiger partial charge in [0.05, 0.1) is 18.6 Å². The van der Waals surface area contributed by atoms with Crippen LogP contribution in [0.25, 0.3) is 0 Å². The average Bonchev–Trinajstić information content (AvgIpc) is 2.70. The van der Waals surface area contributed by atoms with Gasteiger partial charge in [-0.05, 0) is 46.6 Å². The first-order chi connectivity index (χ1) is 8.31. The Balaban J connectivity index is 1.74. The number of nitrogens with one attached hydrogen (secondary N) is 1. The highest BCUT2D eigenvalue weighted by molar-refractivity contribution is 5.83. The molecule has 0 unspecified atom stereocenters. The molecule has 104 valence electrons. The molecule has 0 radical (unpaired) electrons. The summed E-state index contributed by atoms with van der Waals surface area (Å²) in [6, 6.07) is 0. The number of carbonyl (C=O) groups is 1. The molecule has 2 heterocycles. The van der Waals surface area contributed by atoms with E-state index in [4.69, 9.17) is 4.74 Å². The molecule has 2 saturated heterocycles. The fourth-order valence-electron chi connectivity index (χ4n) is 2.60. The van der Waals surface area contributed by atoms with Gasteiger partial charge in [0.15, 0.2) is 0 Å². The minimum Gasteiger partial charge on any atom is -0.379 e. The molecule has 0 aromatic rings.